The van der Waals surface area contributed by atoms with E-state index >= 15 is 0 Å². The number of rotatable bonds is 10. The van der Waals surface area contributed by atoms with Crippen molar-refractivity contribution in [2.45, 2.75) is 13.8 Å². The fourth-order valence-electron chi connectivity index (χ4n) is 4.07. The normalized spacial score (nSPS) is 12.6. The van der Waals surface area contributed by atoms with Crippen LogP contribution < -0.4 is 14.4 Å². The molecule has 0 spiro atoms. The number of methoxy groups -OCH3 is 2. The van der Waals surface area contributed by atoms with Gasteiger partial charge in [0.05, 0.1) is 35.6 Å². The molecule has 0 saturated heterocycles. The van der Waals surface area contributed by atoms with Crippen LogP contribution in [0.4, 0.5) is 5.13 Å². The highest BCUT2D eigenvalue weighted by atomic mass is 35.5. The SMILES string of the molecule is CCN(CC)CCN(C(=O)CN1C(=O)c2ccccc2C1=O)c1nc2cc(OC)c(OC)cc2s1.Cl. The number of ether oxygens (including phenoxy) is 2. The lowest BCUT2D eigenvalue weighted by Gasteiger charge is -2.26. The Morgan fingerprint density at radius 1 is 0.972 bits per heavy atom. The van der Waals surface area contributed by atoms with Crippen molar-refractivity contribution in [2.75, 3.05) is 51.8 Å². The summed E-state index contributed by atoms with van der Waals surface area (Å²) in [6, 6.07) is 10.2. The number of likely N-dealkylation sites (N-methyl/N-ethyl adjacent to an activating group) is 1. The molecule has 11 heteroatoms. The zero-order valence-electron chi connectivity index (χ0n) is 20.6. The molecule has 1 aromatic heterocycles. The number of amides is 3. The molecule has 4 rings (SSSR count). The van der Waals surface area contributed by atoms with E-state index in [2.05, 4.69) is 23.7 Å². The Morgan fingerprint density at radius 2 is 1.56 bits per heavy atom. The van der Waals surface area contributed by atoms with Gasteiger partial charge in [-0.05, 0) is 25.2 Å². The van der Waals surface area contributed by atoms with Gasteiger partial charge in [-0.1, -0.05) is 37.3 Å². The lowest BCUT2D eigenvalue weighted by Crippen LogP contribution is -2.45. The summed E-state index contributed by atoms with van der Waals surface area (Å²) in [6.07, 6.45) is 0. The van der Waals surface area contributed by atoms with Crippen molar-refractivity contribution in [3.05, 3.63) is 47.5 Å². The number of aromatic nitrogens is 1. The van der Waals surface area contributed by atoms with Crippen LogP contribution in [-0.2, 0) is 4.79 Å². The second kappa shape index (κ2) is 11.7. The summed E-state index contributed by atoms with van der Waals surface area (Å²) in [5.74, 6) is -0.168. The molecule has 0 bridgehead atoms. The van der Waals surface area contributed by atoms with Crippen LogP contribution >= 0.6 is 23.7 Å². The zero-order chi connectivity index (χ0) is 25.1. The third-order valence-corrected chi connectivity index (χ3v) is 7.16. The molecule has 0 N–H and O–H groups in total. The summed E-state index contributed by atoms with van der Waals surface area (Å²) >= 11 is 1.35. The Bertz CT molecular complexity index is 1200. The van der Waals surface area contributed by atoms with Gasteiger partial charge < -0.3 is 14.4 Å². The molecule has 1 aliphatic heterocycles. The summed E-state index contributed by atoms with van der Waals surface area (Å²) in [6.45, 7) is 6.44. The van der Waals surface area contributed by atoms with Crippen LogP contribution in [0, 0.1) is 0 Å². The average Bonchev–Trinajstić information content (AvgIpc) is 3.39. The molecule has 0 atom stereocenters. The third-order valence-electron chi connectivity index (χ3n) is 6.12. The molecule has 0 fully saturated rings. The maximum Gasteiger partial charge on any atom is 0.262 e. The lowest BCUT2D eigenvalue weighted by atomic mass is 10.1. The van der Waals surface area contributed by atoms with Crippen LogP contribution in [0.1, 0.15) is 34.6 Å². The molecule has 0 aliphatic carbocycles. The second-order valence-electron chi connectivity index (χ2n) is 7.99. The van der Waals surface area contributed by atoms with E-state index in [1.165, 1.54) is 11.3 Å². The van der Waals surface area contributed by atoms with Crippen LogP contribution in [0.3, 0.4) is 0 Å². The first-order valence-corrected chi connectivity index (χ1v) is 12.2. The summed E-state index contributed by atoms with van der Waals surface area (Å²) in [5.41, 5.74) is 1.31. The molecule has 9 nitrogen and oxygen atoms in total. The van der Waals surface area contributed by atoms with Crippen LogP contribution in [-0.4, -0.2) is 79.4 Å². The molecule has 1 aliphatic rings. The lowest BCUT2D eigenvalue weighted by molar-refractivity contribution is -0.119. The number of hydrogen-bond donors (Lipinski definition) is 0. The van der Waals surface area contributed by atoms with E-state index in [4.69, 9.17) is 9.47 Å². The van der Waals surface area contributed by atoms with Crippen molar-refractivity contribution in [1.29, 1.82) is 0 Å². The monoisotopic (exact) mass is 532 g/mol. The van der Waals surface area contributed by atoms with Gasteiger partial charge in [-0.15, -0.1) is 12.4 Å². The number of thiazole rings is 1. The molecule has 0 saturated carbocycles. The quantitative estimate of drug-likeness (QED) is 0.367. The predicted octanol–water partition coefficient (Wildman–Crippen LogP) is 3.71. The molecular weight excluding hydrogens is 504 g/mol. The van der Waals surface area contributed by atoms with Crippen molar-refractivity contribution >= 4 is 56.8 Å². The summed E-state index contributed by atoms with van der Waals surface area (Å²) in [5, 5.41) is 0.490. The number of fused-ring (bicyclic) bond motifs is 2. The van der Waals surface area contributed by atoms with E-state index in [9.17, 15) is 14.4 Å². The van der Waals surface area contributed by atoms with E-state index in [-0.39, 0.29) is 24.9 Å². The number of halogens is 1. The molecule has 36 heavy (non-hydrogen) atoms. The first-order valence-electron chi connectivity index (χ1n) is 11.4. The number of nitrogens with zero attached hydrogens (tertiary/aromatic N) is 4. The number of imide groups is 1. The van der Waals surface area contributed by atoms with E-state index in [0.717, 1.165) is 22.7 Å². The van der Waals surface area contributed by atoms with E-state index in [0.29, 0.717) is 46.4 Å². The number of carbonyl (C=O) groups is 3. The number of hydrogen-bond acceptors (Lipinski definition) is 8. The molecule has 2 aromatic carbocycles. The molecule has 3 aromatic rings. The standard InChI is InChI=1S/C25H28N4O5S.ClH/c1-5-27(6-2)11-12-28(25-26-18-13-19(33-3)20(34-4)14-21(18)35-25)22(30)15-29-23(31)16-9-7-8-10-17(16)24(29)32;/h7-10,13-14H,5-6,11-12,15H2,1-4H3;1H. The average molecular weight is 533 g/mol. The number of anilines is 1. The van der Waals surface area contributed by atoms with Crippen molar-refractivity contribution in [2.24, 2.45) is 0 Å². The van der Waals surface area contributed by atoms with Gasteiger partial charge in [-0.25, -0.2) is 4.98 Å². The summed E-state index contributed by atoms with van der Waals surface area (Å²) in [4.78, 5) is 48.6. The Kier molecular flexibility index (Phi) is 8.89. The Balaban J connectivity index is 0.00000361. The van der Waals surface area contributed by atoms with Crippen LogP contribution in [0.2, 0.25) is 0 Å². The van der Waals surface area contributed by atoms with Crippen molar-refractivity contribution < 1.29 is 23.9 Å². The van der Waals surface area contributed by atoms with Crippen LogP contribution in [0.5, 0.6) is 11.5 Å². The fraction of sp³-hybridized carbons (Fsp3) is 0.360. The first kappa shape index (κ1) is 27.4. The molecular formula is C25H29ClN4O5S. The largest absolute Gasteiger partial charge is 0.493 e. The van der Waals surface area contributed by atoms with Crippen molar-refractivity contribution in [3.8, 4) is 11.5 Å². The predicted molar refractivity (Wildman–Crippen MR) is 142 cm³/mol. The minimum absolute atomic E-state index is 0. The highest BCUT2D eigenvalue weighted by molar-refractivity contribution is 7.22. The van der Waals surface area contributed by atoms with E-state index in [1.54, 1.807) is 49.5 Å². The molecule has 0 unspecified atom stereocenters. The minimum Gasteiger partial charge on any atom is -0.493 e. The Labute approximate surface area is 220 Å². The first-order chi connectivity index (χ1) is 16.9. The highest BCUT2D eigenvalue weighted by Crippen LogP contribution is 2.37. The highest BCUT2D eigenvalue weighted by Gasteiger charge is 2.37. The summed E-state index contributed by atoms with van der Waals surface area (Å²) in [7, 11) is 3.12. The molecule has 3 amide bonds. The Morgan fingerprint density at radius 3 is 2.11 bits per heavy atom. The van der Waals surface area contributed by atoms with Gasteiger partial charge in [0.25, 0.3) is 11.8 Å². The smallest absolute Gasteiger partial charge is 0.262 e. The molecule has 192 valence electrons. The second-order valence-corrected chi connectivity index (χ2v) is 8.99. The van der Waals surface area contributed by atoms with Gasteiger partial charge in [0.1, 0.15) is 6.54 Å². The molecule has 0 radical (unpaired) electrons. The van der Waals surface area contributed by atoms with Gasteiger partial charge in [0, 0.05) is 25.2 Å². The maximum atomic E-state index is 13.5. The van der Waals surface area contributed by atoms with Crippen molar-refractivity contribution in [3.63, 3.8) is 0 Å². The number of benzene rings is 2. The van der Waals surface area contributed by atoms with Crippen LogP contribution in [0.25, 0.3) is 10.2 Å². The van der Waals surface area contributed by atoms with Crippen molar-refractivity contribution in [1.82, 2.24) is 14.8 Å². The topological polar surface area (TPSA) is 92.3 Å². The van der Waals surface area contributed by atoms with Crippen LogP contribution in [0.15, 0.2) is 36.4 Å². The zero-order valence-corrected chi connectivity index (χ0v) is 22.3. The Hall–Kier alpha value is -3.21. The minimum atomic E-state index is -0.457. The van der Waals surface area contributed by atoms with E-state index < -0.39 is 11.8 Å². The third kappa shape index (κ3) is 5.16. The fourth-order valence-corrected chi connectivity index (χ4v) is 5.09. The maximum absolute atomic E-state index is 13.5. The van der Waals surface area contributed by atoms with Gasteiger partial charge in [0.15, 0.2) is 16.6 Å². The molecule has 2 heterocycles. The number of carbonyl (C=O) groups excluding carboxylic acids is 3. The van der Waals surface area contributed by atoms with Gasteiger partial charge in [-0.3, -0.25) is 24.2 Å². The van der Waals surface area contributed by atoms with Gasteiger partial charge in [0.2, 0.25) is 5.91 Å². The summed E-state index contributed by atoms with van der Waals surface area (Å²) < 4.78 is 11.6. The van der Waals surface area contributed by atoms with Gasteiger partial charge >= 0.3 is 0 Å². The van der Waals surface area contributed by atoms with E-state index in [1.807, 2.05) is 6.07 Å². The van der Waals surface area contributed by atoms with Gasteiger partial charge in [-0.2, -0.15) is 0 Å².